The number of aryl methyl sites for hydroxylation is 1. The second-order valence-corrected chi connectivity index (χ2v) is 18.0. The van der Waals surface area contributed by atoms with Crippen molar-refractivity contribution in [3.63, 3.8) is 0 Å². The van der Waals surface area contributed by atoms with E-state index in [1.165, 1.54) is 18.2 Å². The molecule has 2 amide bonds. The highest BCUT2D eigenvalue weighted by Gasteiger charge is 2.31. The van der Waals surface area contributed by atoms with E-state index in [1.807, 2.05) is 32.9 Å². The number of Topliss-reactive ketones (excluding diaryl/α,β-unsaturated/α-hetero) is 1. The van der Waals surface area contributed by atoms with Gasteiger partial charge in [-0.1, -0.05) is 59.6 Å². The molecular weight excluding hydrogens is 765 g/mol. The van der Waals surface area contributed by atoms with Crippen LogP contribution in [0.25, 0.3) is 10.8 Å². The lowest BCUT2D eigenvalue weighted by atomic mass is 9.97. The van der Waals surface area contributed by atoms with Crippen molar-refractivity contribution in [2.45, 2.75) is 70.5 Å². The first-order chi connectivity index (χ1) is 25.7. The highest BCUT2D eigenvalue weighted by Crippen LogP contribution is 2.32. The fourth-order valence-electron chi connectivity index (χ4n) is 6.09. The standard InChI is InChI=1S/C41H45Cl2N3O8S/c1-40(2,3)53-37(48)26-46(55(51,52)33-24-30(42)23-31(43)25-33)32-15-16-34-29(22-32)8-7-9-35(34)36(47)17-12-27-10-13-28(14-11-27)38(49)44-18-20-45(21-19-44)39(50)54-41(4,5)6/h7-11,13-16,22-25H,12,17-21,26H2,1-6H3. The number of hydrogen-bond donors (Lipinski definition) is 0. The zero-order valence-corrected chi connectivity index (χ0v) is 34.1. The Morgan fingerprint density at radius 3 is 1.95 bits per heavy atom. The first-order valence-corrected chi connectivity index (χ1v) is 20.0. The van der Waals surface area contributed by atoms with E-state index in [4.69, 9.17) is 32.7 Å². The van der Waals surface area contributed by atoms with Gasteiger partial charge in [0.15, 0.2) is 5.78 Å². The van der Waals surface area contributed by atoms with Crippen molar-refractivity contribution in [1.82, 2.24) is 9.80 Å². The van der Waals surface area contributed by atoms with Gasteiger partial charge in [-0.15, -0.1) is 0 Å². The van der Waals surface area contributed by atoms with Crippen molar-refractivity contribution in [2.24, 2.45) is 0 Å². The van der Waals surface area contributed by atoms with Gasteiger partial charge in [0.05, 0.1) is 10.6 Å². The minimum absolute atomic E-state index is 0.112. The molecule has 0 atom stereocenters. The highest BCUT2D eigenvalue weighted by atomic mass is 35.5. The minimum Gasteiger partial charge on any atom is -0.459 e. The number of halogens is 2. The summed E-state index contributed by atoms with van der Waals surface area (Å²) >= 11 is 12.3. The first-order valence-electron chi connectivity index (χ1n) is 17.8. The van der Waals surface area contributed by atoms with Crippen molar-refractivity contribution in [2.75, 3.05) is 37.0 Å². The molecule has 1 aliphatic heterocycles. The van der Waals surface area contributed by atoms with Gasteiger partial charge in [-0.25, -0.2) is 13.2 Å². The van der Waals surface area contributed by atoms with Crippen molar-refractivity contribution >= 4 is 73.4 Å². The Bertz CT molecular complexity index is 2190. The smallest absolute Gasteiger partial charge is 0.410 e. The Balaban J connectivity index is 1.28. The number of hydrogen-bond acceptors (Lipinski definition) is 8. The molecule has 0 unspecified atom stereocenters. The summed E-state index contributed by atoms with van der Waals surface area (Å²) < 4.78 is 39.8. The normalized spacial score (nSPS) is 13.7. The second-order valence-electron chi connectivity index (χ2n) is 15.3. The van der Waals surface area contributed by atoms with E-state index in [0.29, 0.717) is 54.5 Å². The SMILES string of the molecule is CC(C)(C)OC(=O)CN(c1ccc2c(C(=O)CCc3ccc(C(=O)N4CCN(C(=O)OC(C)(C)C)CC4)cc3)cccc2c1)S(=O)(=O)c1cc(Cl)cc(Cl)c1. The van der Waals surface area contributed by atoms with Crippen LogP contribution in [0.1, 0.15) is 74.2 Å². The van der Waals surface area contributed by atoms with Gasteiger partial charge in [0.1, 0.15) is 17.7 Å². The molecule has 11 nitrogen and oxygen atoms in total. The third kappa shape index (κ3) is 10.8. The summed E-state index contributed by atoms with van der Waals surface area (Å²) in [6.07, 6.45) is 0.232. The van der Waals surface area contributed by atoms with Crippen LogP contribution in [0.3, 0.4) is 0 Å². The average molecular weight is 811 g/mol. The van der Waals surface area contributed by atoms with Crippen LogP contribution in [0.15, 0.2) is 83.8 Å². The summed E-state index contributed by atoms with van der Waals surface area (Å²) in [6.45, 7) is 11.5. The van der Waals surface area contributed by atoms with E-state index in [2.05, 4.69) is 0 Å². The number of sulfonamides is 1. The largest absolute Gasteiger partial charge is 0.459 e. The number of amides is 2. The maximum Gasteiger partial charge on any atom is 0.410 e. The molecule has 55 heavy (non-hydrogen) atoms. The molecule has 0 saturated carbocycles. The molecule has 5 rings (SSSR count). The predicted octanol–water partition coefficient (Wildman–Crippen LogP) is 8.19. The van der Waals surface area contributed by atoms with E-state index in [9.17, 15) is 27.6 Å². The van der Waals surface area contributed by atoms with Crippen LogP contribution >= 0.6 is 23.2 Å². The van der Waals surface area contributed by atoms with Gasteiger partial charge >= 0.3 is 12.1 Å². The molecule has 1 heterocycles. The molecule has 292 valence electrons. The Labute approximate surface area is 332 Å². The Hall–Kier alpha value is -4.65. The maximum atomic E-state index is 14.0. The molecule has 4 aromatic rings. The van der Waals surface area contributed by atoms with Gasteiger partial charge in [-0.3, -0.25) is 18.7 Å². The Morgan fingerprint density at radius 2 is 1.35 bits per heavy atom. The lowest BCUT2D eigenvalue weighted by Gasteiger charge is -2.35. The second kappa shape index (κ2) is 16.6. The molecule has 0 radical (unpaired) electrons. The predicted molar refractivity (Wildman–Crippen MR) is 214 cm³/mol. The van der Waals surface area contributed by atoms with Gasteiger partial charge in [0.25, 0.3) is 15.9 Å². The lowest BCUT2D eigenvalue weighted by Crippen LogP contribution is -2.51. The van der Waals surface area contributed by atoms with Crippen LogP contribution in [0.5, 0.6) is 0 Å². The Morgan fingerprint density at radius 1 is 0.745 bits per heavy atom. The number of carbonyl (C=O) groups is 4. The van der Waals surface area contributed by atoms with E-state index in [1.54, 1.807) is 79.1 Å². The maximum absolute atomic E-state index is 14.0. The summed E-state index contributed by atoms with van der Waals surface area (Å²) in [5.74, 6) is -1.01. The van der Waals surface area contributed by atoms with Crippen LogP contribution in [0, 0.1) is 0 Å². The topological polar surface area (TPSA) is 131 Å². The van der Waals surface area contributed by atoms with Crippen LogP contribution < -0.4 is 4.31 Å². The molecule has 0 bridgehead atoms. The zero-order chi connectivity index (χ0) is 40.3. The minimum atomic E-state index is -4.36. The van der Waals surface area contributed by atoms with E-state index >= 15 is 0 Å². The molecule has 4 aromatic carbocycles. The number of fused-ring (bicyclic) bond motifs is 1. The van der Waals surface area contributed by atoms with Crippen LogP contribution in [0.4, 0.5) is 10.5 Å². The van der Waals surface area contributed by atoms with Gasteiger partial charge < -0.3 is 19.3 Å². The zero-order valence-electron chi connectivity index (χ0n) is 31.7. The first kappa shape index (κ1) is 41.5. The monoisotopic (exact) mass is 809 g/mol. The summed E-state index contributed by atoms with van der Waals surface area (Å²) in [4.78, 5) is 55.3. The summed E-state index contributed by atoms with van der Waals surface area (Å²) in [6, 6.07) is 21.1. The van der Waals surface area contributed by atoms with E-state index < -0.39 is 33.7 Å². The third-order valence-corrected chi connectivity index (χ3v) is 10.8. The average Bonchev–Trinajstić information content (AvgIpc) is 3.10. The Kier molecular flexibility index (Phi) is 12.5. The van der Waals surface area contributed by atoms with Crippen molar-refractivity contribution in [3.8, 4) is 0 Å². The van der Waals surface area contributed by atoms with Gasteiger partial charge in [0, 0.05) is 53.8 Å². The number of rotatable bonds is 10. The van der Waals surface area contributed by atoms with Crippen LogP contribution in [-0.4, -0.2) is 85.9 Å². The van der Waals surface area contributed by atoms with Crippen molar-refractivity contribution in [3.05, 3.63) is 106 Å². The fourth-order valence-corrected chi connectivity index (χ4v) is 8.22. The third-order valence-electron chi connectivity index (χ3n) is 8.63. The number of nitrogens with zero attached hydrogens (tertiary/aromatic N) is 3. The van der Waals surface area contributed by atoms with E-state index in [-0.39, 0.29) is 44.8 Å². The number of ether oxygens (including phenoxy) is 2. The molecule has 0 aliphatic carbocycles. The number of ketones is 1. The molecule has 1 fully saturated rings. The van der Waals surface area contributed by atoms with Crippen molar-refractivity contribution < 1.29 is 37.1 Å². The molecular formula is C41H45Cl2N3O8S. The van der Waals surface area contributed by atoms with Crippen LogP contribution in [0.2, 0.25) is 10.0 Å². The van der Waals surface area contributed by atoms with Gasteiger partial charge in [0.2, 0.25) is 0 Å². The number of benzene rings is 4. The fraction of sp³-hybridized carbons (Fsp3) is 0.366. The lowest BCUT2D eigenvalue weighted by molar-refractivity contribution is -0.152. The van der Waals surface area contributed by atoms with Crippen molar-refractivity contribution in [1.29, 1.82) is 0 Å². The molecule has 14 heteroatoms. The molecule has 0 N–H and O–H groups in total. The molecule has 1 aliphatic rings. The van der Waals surface area contributed by atoms with E-state index in [0.717, 1.165) is 9.87 Å². The highest BCUT2D eigenvalue weighted by molar-refractivity contribution is 7.92. The number of anilines is 1. The number of carbonyl (C=O) groups excluding carboxylic acids is 4. The summed E-state index contributed by atoms with van der Waals surface area (Å²) in [5, 5.41) is 1.43. The quantitative estimate of drug-likeness (QED) is 0.116. The summed E-state index contributed by atoms with van der Waals surface area (Å²) in [5.41, 5.74) is 0.596. The molecule has 1 saturated heterocycles. The van der Waals surface area contributed by atoms with Gasteiger partial charge in [-0.05, 0) is 107 Å². The van der Waals surface area contributed by atoms with Gasteiger partial charge in [-0.2, -0.15) is 0 Å². The van der Waals surface area contributed by atoms with Crippen LogP contribution in [-0.2, 0) is 30.7 Å². The summed E-state index contributed by atoms with van der Waals surface area (Å²) in [7, 11) is -4.36. The molecule has 0 aromatic heterocycles. The molecule has 0 spiro atoms. The number of esters is 1. The number of piperazine rings is 1.